The number of hydrogen-bond acceptors (Lipinski definition) is 2. The molecule has 1 atom stereocenters. The Bertz CT molecular complexity index is 176. The van der Waals surface area contributed by atoms with Crippen LogP contribution in [0.5, 0.6) is 0 Å². The van der Waals surface area contributed by atoms with Crippen LogP contribution in [0.25, 0.3) is 0 Å². The second kappa shape index (κ2) is 6.63. The largest absolute Gasteiger partial charge is 0.348 e. The highest BCUT2D eigenvalue weighted by Gasteiger charge is 2.14. The third kappa shape index (κ3) is 4.65. The van der Waals surface area contributed by atoms with Crippen LogP contribution >= 0.6 is 0 Å². The van der Waals surface area contributed by atoms with Crippen LogP contribution in [0.3, 0.4) is 0 Å². The minimum atomic E-state index is -0.0402. The number of aliphatic imine (C=N–C) groups is 1. The first kappa shape index (κ1) is 12.1. The van der Waals surface area contributed by atoms with Crippen LogP contribution in [0.2, 0.25) is 0 Å². The summed E-state index contributed by atoms with van der Waals surface area (Å²) >= 11 is 0. The van der Waals surface area contributed by atoms with Gasteiger partial charge in [-0.05, 0) is 12.8 Å². The molecule has 0 saturated heterocycles. The Kier molecular flexibility index (Phi) is 6.20. The standard InChI is InChI=1S/C10H20N2O/c1-5-7-11-8-9(6-2)10(13)12(3)4/h8-9H,5-7H2,1-4H3. The van der Waals surface area contributed by atoms with Gasteiger partial charge in [0, 0.05) is 26.9 Å². The minimum absolute atomic E-state index is 0.0402. The van der Waals surface area contributed by atoms with E-state index in [-0.39, 0.29) is 11.8 Å². The quantitative estimate of drug-likeness (QED) is 0.597. The van der Waals surface area contributed by atoms with Gasteiger partial charge in [-0.15, -0.1) is 0 Å². The van der Waals surface area contributed by atoms with E-state index in [1.165, 1.54) is 0 Å². The Labute approximate surface area is 80.8 Å². The average Bonchev–Trinajstić information content (AvgIpc) is 2.11. The van der Waals surface area contributed by atoms with Gasteiger partial charge in [0.15, 0.2) is 0 Å². The second-order valence-corrected chi connectivity index (χ2v) is 3.30. The van der Waals surface area contributed by atoms with Crippen LogP contribution in [0.15, 0.2) is 4.99 Å². The molecule has 76 valence electrons. The van der Waals surface area contributed by atoms with Crippen molar-refractivity contribution in [3.8, 4) is 0 Å². The van der Waals surface area contributed by atoms with Crippen LogP contribution in [-0.4, -0.2) is 37.7 Å². The van der Waals surface area contributed by atoms with Crippen molar-refractivity contribution in [2.24, 2.45) is 10.9 Å². The molecule has 0 rings (SSSR count). The molecular weight excluding hydrogens is 164 g/mol. The van der Waals surface area contributed by atoms with Crippen LogP contribution in [0.4, 0.5) is 0 Å². The summed E-state index contributed by atoms with van der Waals surface area (Å²) in [6.07, 6.45) is 3.64. The molecule has 0 aliphatic heterocycles. The molecule has 0 aliphatic carbocycles. The summed E-state index contributed by atoms with van der Waals surface area (Å²) in [4.78, 5) is 17.3. The minimum Gasteiger partial charge on any atom is -0.348 e. The van der Waals surface area contributed by atoms with Gasteiger partial charge in [0.25, 0.3) is 0 Å². The van der Waals surface area contributed by atoms with Crippen LogP contribution in [0, 0.1) is 5.92 Å². The maximum absolute atomic E-state index is 11.5. The van der Waals surface area contributed by atoms with E-state index in [1.54, 1.807) is 25.2 Å². The first-order valence-corrected chi connectivity index (χ1v) is 4.84. The Hall–Kier alpha value is -0.860. The summed E-state index contributed by atoms with van der Waals surface area (Å²) in [7, 11) is 3.55. The van der Waals surface area contributed by atoms with Crippen molar-refractivity contribution in [2.75, 3.05) is 20.6 Å². The van der Waals surface area contributed by atoms with Gasteiger partial charge in [-0.2, -0.15) is 0 Å². The number of rotatable bonds is 5. The fourth-order valence-electron chi connectivity index (χ4n) is 1.01. The van der Waals surface area contributed by atoms with Crippen LogP contribution in [-0.2, 0) is 4.79 Å². The van der Waals surface area contributed by atoms with Crippen molar-refractivity contribution in [2.45, 2.75) is 26.7 Å². The summed E-state index contributed by atoms with van der Waals surface area (Å²) < 4.78 is 0. The van der Waals surface area contributed by atoms with E-state index in [0.29, 0.717) is 0 Å². The van der Waals surface area contributed by atoms with Crippen molar-refractivity contribution in [1.29, 1.82) is 0 Å². The van der Waals surface area contributed by atoms with Gasteiger partial charge in [-0.3, -0.25) is 9.79 Å². The third-order valence-electron chi connectivity index (χ3n) is 1.84. The average molecular weight is 184 g/mol. The lowest BCUT2D eigenvalue weighted by atomic mass is 10.1. The van der Waals surface area contributed by atoms with Crippen LogP contribution in [0.1, 0.15) is 26.7 Å². The fourth-order valence-corrected chi connectivity index (χ4v) is 1.01. The van der Waals surface area contributed by atoms with Gasteiger partial charge in [0.1, 0.15) is 0 Å². The Morgan fingerprint density at radius 2 is 2.08 bits per heavy atom. The molecule has 13 heavy (non-hydrogen) atoms. The zero-order valence-electron chi connectivity index (χ0n) is 9.08. The molecule has 0 aliphatic rings. The van der Waals surface area contributed by atoms with E-state index in [2.05, 4.69) is 11.9 Å². The summed E-state index contributed by atoms with van der Waals surface area (Å²) in [6.45, 7) is 4.90. The number of carbonyl (C=O) groups excluding carboxylic acids is 1. The molecule has 1 amide bonds. The molecule has 0 bridgehead atoms. The van der Waals surface area contributed by atoms with Crippen molar-refractivity contribution in [1.82, 2.24) is 4.90 Å². The molecule has 1 unspecified atom stereocenters. The lowest BCUT2D eigenvalue weighted by molar-refractivity contribution is -0.130. The van der Waals surface area contributed by atoms with Crippen molar-refractivity contribution in [3.05, 3.63) is 0 Å². The Morgan fingerprint density at radius 3 is 2.46 bits per heavy atom. The normalized spacial score (nSPS) is 13.2. The van der Waals surface area contributed by atoms with E-state index >= 15 is 0 Å². The molecule has 0 N–H and O–H groups in total. The maximum atomic E-state index is 11.5. The predicted molar refractivity (Wildman–Crippen MR) is 56.1 cm³/mol. The topological polar surface area (TPSA) is 32.7 Å². The van der Waals surface area contributed by atoms with Crippen molar-refractivity contribution < 1.29 is 4.79 Å². The van der Waals surface area contributed by atoms with E-state index in [9.17, 15) is 4.79 Å². The Morgan fingerprint density at radius 1 is 1.46 bits per heavy atom. The van der Waals surface area contributed by atoms with E-state index in [1.807, 2.05) is 6.92 Å². The number of hydrogen-bond donors (Lipinski definition) is 0. The summed E-state index contributed by atoms with van der Waals surface area (Å²) in [5.74, 6) is 0.101. The van der Waals surface area contributed by atoms with Crippen molar-refractivity contribution >= 4 is 12.1 Å². The first-order valence-electron chi connectivity index (χ1n) is 4.84. The van der Waals surface area contributed by atoms with Gasteiger partial charge >= 0.3 is 0 Å². The zero-order valence-corrected chi connectivity index (χ0v) is 9.08. The highest BCUT2D eigenvalue weighted by atomic mass is 16.2. The van der Waals surface area contributed by atoms with Gasteiger partial charge in [0.2, 0.25) is 5.91 Å². The molecular formula is C10H20N2O. The van der Waals surface area contributed by atoms with Gasteiger partial charge in [-0.1, -0.05) is 13.8 Å². The SMILES string of the molecule is CCCN=CC(CC)C(=O)N(C)C. The molecule has 3 nitrogen and oxygen atoms in total. The monoisotopic (exact) mass is 184 g/mol. The molecule has 3 heteroatoms. The molecule has 0 heterocycles. The van der Waals surface area contributed by atoms with Gasteiger partial charge < -0.3 is 4.90 Å². The summed E-state index contributed by atoms with van der Waals surface area (Å²) in [5, 5.41) is 0. The molecule has 0 radical (unpaired) electrons. The number of carbonyl (C=O) groups is 1. The highest BCUT2D eigenvalue weighted by Crippen LogP contribution is 2.02. The Balaban J connectivity index is 4.09. The molecule has 0 fully saturated rings. The number of amides is 1. The highest BCUT2D eigenvalue weighted by molar-refractivity contribution is 5.93. The molecule has 0 spiro atoms. The first-order chi connectivity index (χ1) is 6.13. The van der Waals surface area contributed by atoms with Gasteiger partial charge in [0.05, 0.1) is 5.92 Å². The molecule has 0 saturated carbocycles. The second-order valence-electron chi connectivity index (χ2n) is 3.30. The van der Waals surface area contributed by atoms with Crippen molar-refractivity contribution in [3.63, 3.8) is 0 Å². The molecule has 0 aromatic rings. The fraction of sp³-hybridized carbons (Fsp3) is 0.800. The van der Waals surface area contributed by atoms with E-state index in [0.717, 1.165) is 19.4 Å². The number of nitrogens with zero attached hydrogens (tertiary/aromatic N) is 2. The third-order valence-corrected chi connectivity index (χ3v) is 1.84. The maximum Gasteiger partial charge on any atom is 0.230 e. The lowest BCUT2D eigenvalue weighted by Crippen LogP contribution is -2.30. The summed E-state index contributed by atoms with van der Waals surface area (Å²) in [6, 6.07) is 0. The van der Waals surface area contributed by atoms with E-state index in [4.69, 9.17) is 0 Å². The summed E-state index contributed by atoms with van der Waals surface area (Å²) in [5.41, 5.74) is 0. The zero-order chi connectivity index (χ0) is 10.3. The van der Waals surface area contributed by atoms with E-state index < -0.39 is 0 Å². The molecule has 0 aromatic heterocycles. The van der Waals surface area contributed by atoms with Gasteiger partial charge in [-0.25, -0.2) is 0 Å². The van der Waals surface area contributed by atoms with Crippen LogP contribution < -0.4 is 0 Å². The predicted octanol–water partition coefficient (Wildman–Crippen LogP) is 1.58. The molecule has 0 aromatic carbocycles. The smallest absolute Gasteiger partial charge is 0.230 e. The lowest BCUT2D eigenvalue weighted by Gasteiger charge is -2.15.